The maximum Gasteiger partial charge on any atom is 0.312 e. The van der Waals surface area contributed by atoms with E-state index in [-0.39, 0.29) is 11.4 Å². The SMILES string of the molecule is COc1c([N+](=O)[O-])cc(C)c(Cl)c1Br. The molecule has 0 radical (unpaired) electrons. The van der Waals surface area contributed by atoms with Crippen LogP contribution in [-0.4, -0.2) is 12.0 Å². The van der Waals surface area contributed by atoms with Crippen molar-refractivity contribution in [3.8, 4) is 5.75 Å². The predicted molar refractivity (Wildman–Crippen MR) is 57.1 cm³/mol. The standard InChI is InChI=1S/C8H7BrClNO3/c1-4-3-5(11(12)13)8(14-2)6(9)7(4)10/h3H,1-2H3. The molecule has 0 saturated carbocycles. The Labute approximate surface area is 94.1 Å². The summed E-state index contributed by atoms with van der Waals surface area (Å²) in [6.45, 7) is 1.69. The van der Waals surface area contributed by atoms with Crippen LogP contribution in [-0.2, 0) is 0 Å². The van der Waals surface area contributed by atoms with Crippen LogP contribution in [0.25, 0.3) is 0 Å². The Bertz CT molecular complexity index is 395. The highest BCUT2D eigenvalue weighted by atomic mass is 79.9. The monoisotopic (exact) mass is 279 g/mol. The molecule has 0 spiro atoms. The minimum Gasteiger partial charge on any atom is -0.489 e. The third kappa shape index (κ3) is 1.83. The molecule has 0 fully saturated rings. The first-order valence-electron chi connectivity index (χ1n) is 3.66. The summed E-state index contributed by atoms with van der Waals surface area (Å²) in [4.78, 5) is 10.2. The first-order chi connectivity index (χ1) is 6.49. The van der Waals surface area contributed by atoms with Gasteiger partial charge in [-0.3, -0.25) is 10.1 Å². The van der Waals surface area contributed by atoms with E-state index in [1.807, 2.05) is 0 Å². The summed E-state index contributed by atoms with van der Waals surface area (Å²) in [5.41, 5.74) is 0.535. The Morgan fingerprint density at radius 3 is 2.64 bits per heavy atom. The molecule has 1 aromatic rings. The van der Waals surface area contributed by atoms with Gasteiger partial charge in [-0.1, -0.05) is 11.6 Å². The Morgan fingerprint density at radius 1 is 1.64 bits per heavy atom. The highest BCUT2D eigenvalue weighted by Crippen LogP contribution is 2.41. The summed E-state index contributed by atoms with van der Waals surface area (Å²) >= 11 is 9.04. The molecular weight excluding hydrogens is 273 g/mol. The second-order valence-electron chi connectivity index (χ2n) is 2.63. The van der Waals surface area contributed by atoms with Crippen LogP contribution in [0.4, 0.5) is 5.69 Å². The summed E-state index contributed by atoms with van der Waals surface area (Å²) in [6.07, 6.45) is 0. The average Bonchev–Trinajstić information content (AvgIpc) is 2.13. The van der Waals surface area contributed by atoms with Crippen molar-refractivity contribution in [3.63, 3.8) is 0 Å². The van der Waals surface area contributed by atoms with Crippen molar-refractivity contribution < 1.29 is 9.66 Å². The Hall–Kier alpha value is -0.810. The number of methoxy groups -OCH3 is 1. The largest absolute Gasteiger partial charge is 0.489 e. The second kappa shape index (κ2) is 4.14. The quantitative estimate of drug-likeness (QED) is 0.617. The van der Waals surface area contributed by atoms with Crippen LogP contribution >= 0.6 is 27.5 Å². The molecular formula is C8H7BrClNO3. The molecule has 0 aliphatic carbocycles. The van der Waals surface area contributed by atoms with Gasteiger partial charge in [0.25, 0.3) is 0 Å². The predicted octanol–water partition coefficient (Wildman–Crippen LogP) is 3.33. The number of halogens is 2. The molecule has 0 aliphatic heterocycles. The zero-order valence-electron chi connectivity index (χ0n) is 7.51. The van der Waals surface area contributed by atoms with Gasteiger partial charge in [-0.15, -0.1) is 0 Å². The number of nitro groups is 1. The highest BCUT2D eigenvalue weighted by molar-refractivity contribution is 9.10. The van der Waals surface area contributed by atoms with E-state index in [0.717, 1.165) is 0 Å². The molecule has 0 heterocycles. The van der Waals surface area contributed by atoms with Gasteiger partial charge >= 0.3 is 5.69 Å². The lowest BCUT2D eigenvalue weighted by atomic mass is 10.2. The molecule has 76 valence electrons. The molecule has 0 unspecified atom stereocenters. The van der Waals surface area contributed by atoms with E-state index in [4.69, 9.17) is 16.3 Å². The Balaban J connectivity index is 3.51. The van der Waals surface area contributed by atoms with Crippen LogP contribution in [0.15, 0.2) is 10.5 Å². The van der Waals surface area contributed by atoms with Gasteiger partial charge in [0.1, 0.15) is 0 Å². The van der Waals surface area contributed by atoms with Crippen LogP contribution < -0.4 is 4.74 Å². The van der Waals surface area contributed by atoms with E-state index >= 15 is 0 Å². The lowest BCUT2D eigenvalue weighted by Crippen LogP contribution is -1.96. The van der Waals surface area contributed by atoms with Crippen LogP contribution in [0, 0.1) is 17.0 Å². The van der Waals surface area contributed by atoms with E-state index in [2.05, 4.69) is 15.9 Å². The topological polar surface area (TPSA) is 52.4 Å². The Kier molecular flexibility index (Phi) is 3.34. The van der Waals surface area contributed by atoms with Crippen LogP contribution in [0.3, 0.4) is 0 Å². The minimum atomic E-state index is -0.507. The first kappa shape index (κ1) is 11.3. The smallest absolute Gasteiger partial charge is 0.312 e. The van der Waals surface area contributed by atoms with E-state index < -0.39 is 4.92 Å². The van der Waals surface area contributed by atoms with E-state index in [1.165, 1.54) is 13.2 Å². The zero-order chi connectivity index (χ0) is 10.9. The van der Waals surface area contributed by atoms with Crippen LogP contribution in [0.5, 0.6) is 5.75 Å². The fourth-order valence-corrected chi connectivity index (χ4v) is 1.87. The molecule has 6 heteroatoms. The van der Waals surface area contributed by atoms with Gasteiger partial charge in [-0.05, 0) is 28.4 Å². The molecule has 1 aromatic carbocycles. The summed E-state index contributed by atoms with van der Waals surface area (Å²) in [5.74, 6) is 0.144. The minimum absolute atomic E-state index is 0.0960. The van der Waals surface area contributed by atoms with Gasteiger partial charge in [0.2, 0.25) is 5.75 Å². The van der Waals surface area contributed by atoms with Gasteiger partial charge in [-0.2, -0.15) is 0 Å². The van der Waals surface area contributed by atoms with Gasteiger partial charge < -0.3 is 4.74 Å². The second-order valence-corrected chi connectivity index (χ2v) is 3.80. The molecule has 0 amide bonds. The normalized spacial score (nSPS) is 10.0. The fraction of sp³-hybridized carbons (Fsp3) is 0.250. The van der Waals surface area contributed by atoms with Crippen molar-refractivity contribution in [1.82, 2.24) is 0 Å². The van der Waals surface area contributed by atoms with Crippen molar-refractivity contribution in [3.05, 3.63) is 31.2 Å². The van der Waals surface area contributed by atoms with Gasteiger partial charge in [0, 0.05) is 6.07 Å². The van der Waals surface area contributed by atoms with Crippen LogP contribution in [0.2, 0.25) is 5.02 Å². The van der Waals surface area contributed by atoms with Crippen molar-refractivity contribution in [2.75, 3.05) is 7.11 Å². The molecule has 0 atom stereocenters. The number of aryl methyl sites for hydroxylation is 1. The highest BCUT2D eigenvalue weighted by Gasteiger charge is 2.21. The van der Waals surface area contributed by atoms with Crippen molar-refractivity contribution in [2.45, 2.75) is 6.92 Å². The third-order valence-electron chi connectivity index (χ3n) is 1.72. The number of hydrogen-bond acceptors (Lipinski definition) is 3. The molecule has 1 rings (SSSR count). The number of nitrogens with zero attached hydrogens (tertiary/aromatic N) is 1. The first-order valence-corrected chi connectivity index (χ1v) is 4.83. The van der Waals surface area contributed by atoms with Gasteiger partial charge in [0.15, 0.2) is 0 Å². The van der Waals surface area contributed by atoms with Gasteiger partial charge in [-0.25, -0.2) is 0 Å². The molecule has 0 bridgehead atoms. The zero-order valence-corrected chi connectivity index (χ0v) is 9.85. The van der Waals surface area contributed by atoms with Crippen molar-refractivity contribution >= 4 is 33.2 Å². The maximum absolute atomic E-state index is 10.7. The van der Waals surface area contributed by atoms with E-state index in [1.54, 1.807) is 6.92 Å². The number of ether oxygens (including phenoxy) is 1. The molecule has 0 aliphatic rings. The average molecular weight is 281 g/mol. The van der Waals surface area contributed by atoms with Crippen molar-refractivity contribution in [1.29, 1.82) is 0 Å². The molecule has 0 aromatic heterocycles. The Morgan fingerprint density at radius 2 is 2.21 bits per heavy atom. The number of hydrogen-bond donors (Lipinski definition) is 0. The summed E-state index contributed by atoms with van der Waals surface area (Å²) in [7, 11) is 1.36. The molecule has 0 N–H and O–H groups in total. The van der Waals surface area contributed by atoms with E-state index in [0.29, 0.717) is 15.1 Å². The maximum atomic E-state index is 10.7. The van der Waals surface area contributed by atoms with Crippen LogP contribution in [0.1, 0.15) is 5.56 Å². The number of rotatable bonds is 2. The van der Waals surface area contributed by atoms with Crippen molar-refractivity contribution in [2.24, 2.45) is 0 Å². The lowest BCUT2D eigenvalue weighted by molar-refractivity contribution is -0.385. The number of nitro benzene ring substituents is 1. The third-order valence-corrected chi connectivity index (χ3v) is 3.20. The summed E-state index contributed by atoms with van der Waals surface area (Å²) < 4.78 is 5.31. The summed E-state index contributed by atoms with van der Waals surface area (Å²) in [5, 5.41) is 11.1. The van der Waals surface area contributed by atoms with E-state index in [9.17, 15) is 10.1 Å². The molecule has 14 heavy (non-hydrogen) atoms. The summed E-state index contributed by atoms with van der Waals surface area (Å²) in [6, 6.07) is 1.38. The molecule has 4 nitrogen and oxygen atoms in total. The lowest BCUT2D eigenvalue weighted by Gasteiger charge is -2.07. The molecule has 0 saturated heterocycles. The fourth-order valence-electron chi connectivity index (χ4n) is 1.05. The number of benzene rings is 1. The van der Waals surface area contributed by atoms with Gasteiger partial charge in [0.05, 0.1) is 21.5 Å².